The molecule has 1 nitrogen and oxygen atoms in total. The smallest absolute Gasteiger partial charge is 0.0400 e. The molecule has 0 atom stereocenters. The fraction of sp³-hybridized carbons (Fsp3) is 0.294. The lowest BCUT2D eigenvalue weighted by molar-refractivity contribution is 0.865. The van der Waals surface area contributed by atoms with Crippen LogP contribution >= 0.6 is 11.8 Å². The van der Waals surface area contributed by atoms with Gasteiger partial charge in [0.2, 0.25) is 0 Å². The van der Waals surface area contributed by atoms with Crippen molar-refractivity contribution >= 4 is 17.4 Å². The molecule has 0 aliphatic carbocycles. The quantitative estimate of drug-likeness (QED) is 0.755. The SMILES string of the molecule is CSc1ccc(NCc2ccc(C(C)C)cc2)cc1. The first-order chi connectivity index (χ1) is 9.19. The van der Waals surface area contributed by atoms with Crippen molar-refractivity contribution in [2.75, 3.05) is 11.6 Å². The predicted molar refractivity (Wildman–Crippen MR) is 86.1 cm³/mol. The summed E-state index contributed by atoms with van der Waals surface area (Å²) in [5, 5.41) is 3.45. The molecule has 0 unspecified atom stereocenters. The molecule has 0 radical (unpaired) electrons. The van der Waals surface area contributed by atoms with Gasteiger partial charge in [-0.1, -0.05) is 38.1 Å². The molecule has 0 heterocycles. The van der Waals surface area contributed by atoms with E-state index in [9.17, 15) is 0 Å². The van der Waals surface area contributed by atoms with Crippen molar-refractivity contribution < 1.29 is 0 Å². The largest absolute Gasteiger partial charge is 0.381 e. The van der Waals surface area contributed by atoms with Crippen LogP contribution < -0.4 is 5.32 Å². The van der Waals surface area contributed by atoms with Crippen LogP contribution in [0.1, 0.15) is 30.9 Å². The zero-order valence-electron chi connectivity index (χ0n) is 11.8. The lowest BCUT2D eigenvalue weighted by Crippen LogP contribution is -1.99. The van der Waals surface area contributed by atoms with Crippen molar-refractivity contribution in [3.63, 3.8) is 0 Å². The van der Waals surface area contributed by atoms with E-state index in [4.69, 9.17) is 0 Å². The maximum absolute atomic E-state index is 3.45. The number of benzene rings is 2. The van der Waals surface area contributed by atoms with Gasteiger partial charge >= 0.3 is 0 Å². The topological polar surface area (TPSA) is 12.0 Å². The highest BCUT2D eigenvalue weighted by Crippen LogP contribution is 2.19. The van der Waals surface area contributed by atoms with Gasteiger partial charge in [-0.2, -0.15) is 0 Å². The van der Waals surface area contributed by atoms with E-state index in [2.05, 4.69) is 74.0 Å². The summed E-state index contributed by atoms with van der Waals surface area (Å²) in [5.74, 6) is 0.598. The minimum Gasteiger partial charge on any atom is -0.381 e. The Morgan fingerprint density at radius 1 is 0.947 bits per heavy atom. The van der Waals surface area contributed by atoms with Gasteiger partial charge in [-0.3, -0.25) is 0 Å². The molecular weight excluding hydrogens is 250 g/mol. The monoisotopic (exact) mass is 271 g/mol. The second kappa shape index (κ2) is 6.67. The van der Waals surface area contributed by atoms with Crippen molar-refractivity contribution in [3.05, 3.63) is 59.7 Å². The summed E-state index contributed by atoms with van der Waals surface area (Å²) in [4.78, 5) is 1.30. The van der Waals surface area contributed by atoms with Gasteiger partial charge in [0.1, 0.15) is 0 Å². The minimum atomic E-state index is 0.598. The normalized spacial score (nSPS) is 10.7. The van der Waals surface area contributed by atoms with E-state index in [-0.39, 0.29) is 0 Å². The van der Waals surface area contributed by atoms with Crippen molar-refractivity contribution in [2.45, 2.75) is 31.2 Å². The van der Waals surface area contributed by atoms with Crippen LogP contribution in [0.25, 0.3) is 0 Å². The standard InChI is InChI=1S/C17H21NS/c1-13(2)15-6-4-14(5-7-15)12-18-16-8-10-17(19-3)11-9-16/h4-11,13,18H,12H2,1-3H3. The van der Waals surface area contributed by atoms with Gasteiger partial charge in [0.25, 0.3) is 0 Å². The number of thioether (sulfide) groups is 1. The average molecular weight is 271 g/mol. The molecule has 0 amide bonds. The van der Waals surface area contributed by atoms with Crippen molar-refractivity contribution in [3.8, 4) is 0 Å². The van der Waals surface area contributed by atoms with E-state index in [1.807, 2.05) is 0 Å². The van der Waals surface area contributed by atoms with Crippen molar-refractivity contribution in [1.29, 1.82) is 0 Å². The second-order valence-corrected chi connectivity index (χ2v) is 5.86. The molecule has 0 bridgehead atoms. The Morgan fingerprint density at radius 2 is 1.58 bits per heavy atom. The fourth-order valence-corrected chi connectivity index (χ4v) is 2.34. The van der Waals surface area contributed by atoms with Gasteiger partial charge in [-0.15, -0.1) is 11.8 Å². The van der Waals surface area contributed by atoms with E-state index in [0.717, 1.165) is 6.54 Å². The van der Waals surface area contributed by atoms with Crippen molar-refractivity contribution in [1.82, 2.24) is 0 Å². The second-order valence-electron chi connectivity index (χ2n) is 4.98. The van der Waals surface area contributed by atoms with Gasteiger partial charge in [0, 0.05) is 17.1 Å². The molecule has 0 spiro atoms. The Balaban J connectivity index is 1.94. The lowest BCUT2D eigenvalue weighted by Gasteiger charge is -2.09. The van der Waals surface area contributed by atoms with Gasteiger partial charge in [-0.05, 0) is 47.6 Å². The Labute approximate surface area is 120 Å². The molecule has 1 N–H and O–H groups in total. The summed E-state index contributed by atoms with van der Waals surface area (Å²) in [7, 11) is 0. The summed E-state index contributed by atoms with van der Waals surface area (Å²) in [5.41, 5.74) is 3.89. The average Bonchev–Trinajstić information content (AvgIpc) is 2.46. The highest BCUT2D eigenvalue weighted by Gasteiger charge is 1.99. The van der Waals surface area contributed by atoms with Crippen LogP contribution in [-0.4, -0.2) is 6.26 Å². The number of rotatable bonds is 5. The number of hydrogen-bond acceptors (Lipinski definition) is 2. The molecule has 0 saturated heterocycles. The molecule has 0 aliphatic heterocycles. The zero-order valence-corrected chi connectivity index (χ0v) is 12.6. The first kappa shape index (κ1) is 14.0. The zero-order chi connectivity index (χ0) is 13.7. The third-order valence-corrected chi connectivity index (χ3v) is 3.98. The van der Waals surface area contributed by atoms with Crippen LogP contribution in [0.3, 0.4) is 0 Å². The number of nitrogens with one attached hydrogen (secondary N) is 1. The van der Waals surface area contributed by atoms with Crippen LogP contribution in [0, 0.1) is 0 Å². The molecule has 2 aromatic carbocycles. The molecule has 19 heavy (non-hydrogen) atoms. The maximum atomic E-state index is 3.45. The van der Waals surface area contributed by atoms with Crippen LogP contribution in [0.5, 0.6) is 0 Å². The van der Waals surface area contributed by atoms with Crippen LogP contribution in [0.15, 0.2) is 53.4 Å². The molecule has 0 aliphatic rings. The van der Waals surface area contributed by atoms with Gasteiger partial charge < -0.3 is 5.32 Å². The lowest BCUT2D eigenvalue weighted by atomic mass is 10.0. The molecule has 0 aromatic heterocycles. The molecular formula is C17H21NS. The van der Waals surface area contributed by atoms with Crippen LogP contribution in [0.2, 0.25) is 0 Å². The van der Waals surface area contributed by atoms with Crippen molar-refractivity contribution in [2.24, 2.45) is 0 Å². The highest BCUT2D eigenvalue weighted by molar-refractivity contribution is 7.98. The van der Waals surface area contributed by atoms with E-state index >= 15 is 0 Å². The summed E-state index contributed by atoms with van der Waals surface area (Å²) in [6, 6.07) is 17.4. The van der Waals surface area contributed by atoms with E-state index in [1.165, 1.54) is 21.7 Å². The first-order valence-corrected chi connectivity index (χ1v) is 7.88. The maximum Gasteiger partial charge on any atom is 0.0400 e. The molecule has 2 rings (SSSR count). The third-order valence-electron chi connectivity index (χ3n) is 3.23. The molecule has 2 heteroatoms. The minimum absolute atomic E-state index is 0.598. The Morgan fingerprint density at radius 3 is 2.11 bits per heavy atom. The number of hydrogen-bond donors (Lipinski definition) is 1. The Hall–Kier alpha value is -1.41. The fourth-order valence-electron chi connectivity index (χ4n) is 1.93. The summed E-state index contributed by atoms with van der Waals surface area (Å²) < 4.78 is 0. The van der Waals surface area contributed by atoms with Gasteiger partial charge in [0.05, 0.1) is 0 Å². The van der Waals surface area contributed by atoms with E-state index in [1.54, 1.807) is 11.8 Å². The van der Waals surface area contributed by atoms with Crippen LogP contribution in [0.4, 0.5) is 5.69 Å². The summed E-state index contributed by atoms with van der Waals surface area (Å²) in [6.45, 7) is 5.32. The molecule has 0 saturated carbocycles. The predicted octanol–water partition coefficient (Wildman–Crippen LogP) is 5.14. The summed E-state index contributed by atoms with van der Waals surface area (Å²) in [6.07, 6.45) is 2.10. The van der Waals surface area contributed by atoms with Gasteiger partial charge in [-0.25, -0.2) is 0 Å². The van der Waals surface area contributed by atoms with E-state index in [0.29, 0.717) is 5.92 Å². The highest BCUT2D eigenvalue weighted by atomic mass is 32.2. The Kier molecular flexibility index (Phi) is 4.92. The third kappa shape index (κ3) is 4.03. The van der Waals surface area contributed by atoms with Gasteiger partial charge in [0.15, 0.2) is 0 Å². The molecule has 0 fully saturated rings. The number of anilines is 1. The van der Waals surface area contributed by atoms with Crippen LogP contribution in [-0.2, 0) is 6.54 Å². The molecule has 2 aromatic rings. The molecule has 100 valence electrons. The Bertz CT molecular complexity index is 500. The first-order valence-electron chi connectivity index (χ1n) is 6.66. The van der Waals surface area contributed by atoms with E-state index < -0.39 is 0 Å². The summed E-state index contributed by atoms with van der Waals surface area (Å²) >= 11 is 1.77.